The highest BCUT2D eigenvalue weighted by Crippen LogP contribution is 2.19. The predicted octanol–water partition coefficient (Wildman–Crippen LogP) is 3.75. The van der Waals surface area contributed by atoms with E-state index < -0.39 is 17.6 Å². The Morgan fingerprint density at radius 1 is 1.24 bits per heavy atom. The SMILES string of the molecule is CCCc1cc(C(=O)O)cc(Nc2ccc(F)c(F)c2)n1. The van der Waals surface area contributed by atoms with Gasteiger partial charge in [-0.1, -0.05) is 13.3 Å². The van der Waals surface area contributed by atoms with Gasteiger partial charge >= 0.3 is 5.97 Å². The average Bonchev–Trinajstić information content (AvgIpc) is 2.43. The van der Waals surface area contributed by atoms with Crippen molar-refractivity contribution in [2.24, 2.45) is 0 Å². The summed E-state index contributed by atoms with van der Waals surface area (Å²) < 4.78 is 26.0. The number of pyridine rings is 1. The van der Waals surface area contributed by atoms with Crippen LogP contribution in [0.3, 0.4) is 0 Å². The summed E-state index contributed by atoms with van der Waals surface area (Å²) in [6, 6.07) is 6.19. The third kappa shape index (κ3) is 3.75. The summed E-state index contributed by atoms with van der Waals surface area (Å²) in [6.45, 7) is 1.96. The topological polar surface area (TPSA) is 62.2 Å². The minimum absolute atomic E-state index is 0.0959. The first kappa shape index (κ1) is 14.9. The molecule has 0 unspecified atom stereocenters. The van der Waals surface area contributed by atoms with Gasteiger partial charge in [0.1, 0.15) is 5.82 Å². The zero-order valence-corrected chi connectivity index (χ0v) is 11.4. The van der Waals surface area contributed by atoms with Crippen molar-refractivity contribution >= 4 is 17.5 Å². The maximum absolute atomic E-state index is 13.2. The van der Waals surface area contributed by atoms with Gasteiger partial charge in [-0.05, 0) is 30.7 Å². The number of carboxylic acid groups (broad SMARTS) is 1. The van der Waals surface area contributed by atoms with Crippen LogP contribution in [0.1, 0.15) is 29.4 Å². The number of nitrogens with one attached hydrogen (secondary N) is 1. The van der Waals surface area contributed by atoms with Crippen LogP contribution < -0.4 is 5.32 Å². The molecule has 110 valence electrons. The van der Waals surface area contributed by atoms with Crippen LogP contribution >= 0.6 is 0 Å². The van der Waals surface area contributed by atoms with E-state index in [0.29, 0.717) is 17.8 Å². The van der Waals surface area contributed by atoms with E-state index in [0.717, 1.165) is 18.6 Å². The van der Waals surface area contributed by atoms with Crippen LogP contribution in [0.15, 0.2) is 30.3 Å². The number of aryl methyl sites for hydroxylation is 1. The molecule has 1 heterocycles. The Morgan fingerprint density at radius 2 is 2.00 bits per heavy atom. The number of nitrogens with zero attached hydrogens (tertiary/aromatic N) is 1. The Kier molecular flexibility index (Phi) is 4.47. The number of aromatic nitrogens is 1. The molecule has 0 amide bonds. The monoisotopic (exact) mass is 292 g/mol. The van der Waals surface area contributed by atoms with E-state index in [-0.39, 0.29) is 11.4 Å². The average molecular weight is 292 g/mol. The predicted molar refractivity (Wildman–Crippen MR) is 74.8 cm³/mol. The maximum atomic E-state index is 13.2. The molecule has 0 radical (unpaired) electrons. The number of rotatable bonds is 5. The molecule has 0 fully saturated rings. The number of aromatic carboxylic acids is 1. The van der Waals surface area contributed by atoms with Crippen LogP contribution in [-0.2, 0) is 6.42 Å². The first-order chi connectivity index (χ1) is 9.99. The van der Waals surface area contributed by atoms with Crippen LogP contribution in [0.25, 0.3) is 0 Å². The van der Waals surface area contributed by atoms with Crippen molar-refractivity contribution in [1.29, 1.82) is 0 Å². The molecule has 0 aliphatic carbocycles. The highest BCUT2D eigenvalue weighted by Gasteiger charge is 2.09. The molecule has 21 heavy (non-hydrogen) atoms. The second kappa shape index (κ2) is 6.30. The lowest BCUT2D eigenvalue weighted by atomic mass is 10.1. The van der Waals surface area contributed by atoms with Gasteiger partial charge in [-0.15, -0.1) is 0 Å². The van der Waals surface area contributed by atoms with E-state index in [1.807, 2.05) is 6.92 Å². The van der Waals surface area contributed by atoms with Crippen molar-refractivity contribution in [3.63, 3.8) is 0 Å². The Labute approximate surface area is 120 Å². The summed E-state index contributed by atoms with van der Waals surface area (Å²) in [7, 11) is 0. The van der Waals surface area contributed by atoms with Crippen LogP contribution in [0.4, 0.5) is 20.3 Å². The fraction of sp³-hybridized carbons (Fsp3) is 0.200. The van der Waals surface area contributed by atoms with E-state index in [2.05, 4.69) is 10.3 Å². The highest BCUT2D eigenvalue weighted by molar-refractivity contribution is 5.88. The summed E-state index contributed by atoms with van der Waals surface area (Å²) in [6.07, 6.45) is 1.45. The second-order valence-corrected chi connectivity index (χ2v) is 4.54. The van der Waals surface area contributed by atoms with Crippen molar-refractivity contribution in [3.05, 3.63) is 53.2 Å². The van der Waals surface area contributed by atoms with Gasteiger partial charge in [-0.25, -0.2) is 18.6 Å². The van der Waals surface area contributed by atoms with Crippen molar-refractivity contribution < 1.29 is 18.7 Å². The quantitative estimate of drug-likeness (QED) is 0.881. The third-order valence-electron chi connectivity index (χ3n) is 2.82. The Morgan fingerprint density at radius 3 is 2.62 bits per heavy atom. The smallest absolute Gasteiger partial charge is 0.335 e. The van der Waals surface area contributed by atoms with Gasteiger partial charge in [-0.3, -0.25) is 0 Å². The van der Waals surface area contributed by atoms with E-state index in [1.54, 1.807) is 0 Å². The van der Waals surface area contributed by atoms with Crippen molar-refractivity contribution in [1.82, 2.24) is 4.98 Å². The third-order valence-corrected chi connectivity index (χ3v) is 2.82. The molecular weight excluding hydrogens is 278 g/mol. The fourth-order valence-corrected chi connectivity index (χ4v) is 1.88. The molecule has 0 saturated heterocycles. The molecule has 1 aromatic heterocycles. The maximum Gasteiger partial charge on any atom is 0.335 e. The molecule has 4 nitrogen and oxygen atoms in total. The van der Waals surface area contributed by atoms with E-state index >= 15 is 0 Å². The zero-order chi connectivity index (χ0) is 15.4. The summed E-state index contributed by atoms with van der Waals surface area (Å²) in [4.78, 5) is 15.4. The second-order valence-electron chi connectivity index (χ2n) is 4.54. The van der Waals surface area contributed by atoms with Gasteiger partial charge in [0, 0.05) is 17.4 Å². The summed E-state index contributed by atoms with van der Waals surface area (Å²) in [5, 5.41) is 11.9. The summed E-state index contributed by atoms with van der Waals surface area (Å²) in [5.74, 6) is -2.71. The van der Waals surface area contributed by atoms with Crippen molar-refractivity contribution in [2.45, 2.75) is 19.8 Å². The van der Waals surface area contributed by atoms with E-state index in [9.17, 15) is 13.6 Å². The van der Waals surface area contributed by atoms with Crippen molar-refractivity contribution in [3.8, 4) is 0 Å². The normalized spacial score (nSPS) is 10.4. The molecule has 2 aromatic rings. The molecule has 0 spiro atoms. The van der Waals surface area contributed by atoms with Crippen LogP contribution in [0.5, 0.6) is 0 Å². The van der Waals surface area contributed by atoms with Crippen LogP contribution in [0, 0.1) is 11.6 Å². The lowest BCUT2D eigenvalue weighted by molar-refractivity contribution is 0.0696. The molecule has 0 aliphatic rings. The minimum Gasteiger partial charge on any atom is -0.478 e. The Hall–Kier alpha value is -2.50. The van der Waals surface area contributed by atoms with Crippen LogP contribution in [0.2, 0.25) is 0 Å². The van der Waals surface area contributed by atoms with E-state index in [1.165, 1.54) is 18.2 Å². The molecule has 0 atom stereocenters. The highest BCUT2D eigenvalue weighted by atomic mass is 19.2. The lowest BCUT2D eigenvalue weighted by Gasteiger charge is -2.09. The molecule has 2 N–H and O–H groups in total. The first-order valence-electron chi connectivity index (χ1n) is 6.46. The summed E-state index contributed by atoms with van der Waals surface area (Å²) in [5.41, 5.74) is 1.02. The Bertz CT molecular complexity index is 675. The molecule has 6 heteroatoms. The number of hydrogen-bond donors (Lipinski definition) is 2. The number of hydrogen-bond acceptors (Lipinski definition) is 3. The van der Waals surface area contributed by atoms with Gasteiger partial charge in [0.05, 0.1) is 5.56 Å². The Balaban J connectivity index is 2.33. The largest absolute Gasteiger partial charge is 0.478 e. The van der Waals surface area contributed by atoms with Gasteiger partial charge in [0.2, 0.25) is 0 Å². The molecule has 0 saturated carbocycles. The fourth-order valence-electron chi connectivity index (χ4n) is 1.88. The standard InChI is InChI=1S/C15H14F2N2O2/c1-2-3-10-6-9(15(20)21)7-14(18-10)19-11-4-5-12(16)13(17)8-11/h4-8H,2-3H2,1H3,(H,18,19)(H,20,21). The van der Waals surface area contributed by atoms with Gasteiger partial charge in [-0.2, -0.15) is 0 Å². The summed E-state index contributed by atoms with van der Waals surface area (Å²) >= 11 is 0. The lowest BCUT2D eigenvalue weighted by Crippen LogP contribution is -2.04. The number of carboxylic acids is 1. The minimum atomic E-state index is -1.07. The number of carbonyl (C=O) groups is 1. The molecule has 1 aromatic carbocycles. The van der Waals surface area contributed by atoms with Gasteiger partial charge < -0.3 is 10.4 Å². The molecule has 2 rings (SSSR count). The van der Waals surface area contributed by atoms with Crippen molar-refractivity contribution in [2.75, 3.05) is 5.32 Å². The number of halogens is 2. The molecular formula is C15H14F2N2O2. The molecule has 0 aliphatic heterocycles. The van der Waals surface area contributed by atoms with Gasteiger partial charge in [0.15, 0.2) is 11.6 Å². The van der Waals surface area contributed by atoms with Gasteiger partial charge in [0.25, 0.3) is 0 Å². The first-order valence-corrected chi connectivity index (χ1v) is 6.46. The molecule has 0 bridgehead atoms. The van der Waals surface area contributed by atoms with Crippen LogP contribution in [-0.4, -0.2) is 16.1 Å². The van der Waals surface area contributed by atoms with E-state index in [4.69, 9.17) is 5.11 Å². The number of anilines is 2. The zero-order valence-electron chi connectivity index (χ0n) is 11.4. The number of benzene rings is 1.